The molecule has 3 saturated heterocycles. The van der Waals surface area contributed by atoms with Crippen molar-refractivity contribution in [2.24, 2.45) is 0 Å². The summed E-state index contributed by atoms with van der Waals surface area (Å²) in [6, 6.07) is 3.52. The zero-order chi connectivity index (χ0) is 19.4. The minimum atomic E-state index is -0.567. The summed E-state index contributed by atoms with van der Waals surface area (Å²) in [5, 5.41) is 0. The summed E-state index contributed by atoms with van der Waals surface area (Å²) in [7, 11) is 0. The lowest BCUT2D eigenvalue weighted by atomic mass is 9.86. The van der Waals surface area contributed by atoms with Crippen LogP contribution in [0.4, 0.5) is 21.1 Å². The maximum atomic E-state index is 12.6. The first-order valence-electron chi connectivity index (χ1n) is 9.39. The molecule has 2 N–H and O–H groups in total. The summed E-state index contributed by atoms with van der Waals surface area (Å²) in [5.41, 5.74) is 5.22. The number of pyridine rings is 1. The van der Waals surface area contributed by atoms with E-state index in [1.165, 1.54) is 0 Å². The number of ether oxygens (including phenoxy) is 2. The van der Waals surface area contributed by atoms with Gasteiger partial charge in [0.05, 0.1) is 18.4 Å². The molecule has 0 aliphatic carbocycles. The Balaban J connectivity index is 1.50. The van der Waals surface area contributed by atoms with Crippen molar-refractivity contribution in [1.29, 1.82) is 0 Å². The van der Waals surface area contributed by atoms with Gasteiger partial charge in [-0.05, 0) is 45.7 Å². The minimum absolute atomic E-state index is 0.0379. The highest BCUT2D eigenvalue weighted by Gasteiger charge is 2.57. The Morgan fingerprint density at radius 1 is 1.30 bits per heavy atom. The van der Waals surface area contributed by atoms with Crippen LogP contribution in [-0.2, 0) is 9.47 Å². The fraction of sp³-hybridized carbons (Fsp3) is 0.632. The van der Waals surface area contributed by atoms with Gasteiger partial charge in [-0.3, -0.25) is 4.90 Å². The number of fused-ring (bicyclic) bond motifs is 2. The fourth-order valence-electron chi connectivity index (χ4n) is 4.51. The molecule has 1 aromatic rings. The fourth-order valence-corrected chi connectivity index (χ4v) is 4.51. The van der Waals surface area contributed by atoms with Gasteiger partial charge in [-0.25, -0.2) is 14.6 Å². The predicted molar refractivity (Wildman–Crippen MR) is 99.3 cm³/mol. The Kier molecular flexibility index (Phi) is 3.98. The van der Waals surface area contributed by atoms with E-state index in [-0.39, 0.29) is 24.3 Å². The highest BCUT2D eigenvalue weighted by atomic mass is 16.6. The van der Waals surface area contributed by atoms with Crippen molar-refractivity contribution in [2.45, 2.75) is 69.7 Å². The number of rotatable bonds is 1. The lowest BCUT2D eigenvalue weighted by molar-refractivity contribution is -0.0424. The van der Waals surface area contributed by atoms with Crippen molar-refractivity contribution in [3.8, 4) is 0 Å². The number of aromatic nitrogens is 1. The van der Waals surface area contributed by atoms with Gasteiger partial charge in [0.1, 0.15) is 17.0 Å². The van der Waals surface area contributed by atoms with Gasteiger partial charge in [0.2, 0.25) is 0 Å². The summed E-state index contributed by atoms with van der Waals surface area (Å²) in [5.74, 6) is 0.407. The molecule has 4 rings (SSSR count). The molecule has 0 radical (unpaired) electrons. The van der Waals surface area contributed by atoms with Crippen molar-refractivity contribution in [1.82, 2.24) is 9.88 Å². The second kappa shape index (κ2) is 6.00. The number of piperidine rings is 1. The topological polar surface area (TPSA) is 98.0 Å². The van der Waals surface area contributed by atoms with Crippen LogP contribution in [0, 0.1) is 0 Å². The monoisotopic (exact) mass is 374 g/mol. The average Bonchev–Trinajstić information content (AvgIpc) is 3.02. The summed E-state index contributed by atoms with van der Waals surface area (Å²) < 4.78 is 11.4. The van der Waals surface area contributed by atoms with Gasteiger partial charge in [0.15, 0.2) is 0 Å². The average molecular weight is 374 g/mol. The predicted octanol–water partition coefficient (Wildman–Crippen LogP) is 2.92. The normalized spacial score (nSPS) is 30.0. The second-order valence-corrected chi connectivity index (χ2v) is 8.76. The van der Waals surface area contributed by atoms with Gasteiger partial charge in [0, 0.05) is 24.9 Å². The highest BCUT2D eigenvalue weighted by molar-refractivity contribution is 5.90. The van der Waals surface area contributed by atoms with Crippen LogP contribution >= 0.6 is 0 Å². The number of hydrogen-bond donors (Lipinski definition) is 1. The third kappa shape index (κ3) is 3.28. The zero-order valence-corrected chi connectivity index (χ0v) is 16.0. The quantitative estimate of drug-likeness (QED) is 0.812. The SMILES string of the molecule is CC(C)(C)OC(=O)N1C2CCC1CC1(C2)CN(c2ccc(N)nc2)C(=O)O1. The Bertz CT molecular complexity index is 744. The van der Waals surface area contributed by atoms with Crippen LogP contribution in [0.25, 0.3) is 0 Å². The summed E-state index contributed by atoms with van der Waals surface area (Å²) >= 11 is 0. The van der Waals surface area contributed by atoms with Crippen molar-refractivity contribution in [2.75, 3.05) is 17.2 Å². The van der Waals surface area contributed by atoms with E-state index in [1.54, 1.807) is 23.2 Å². The van der Waals surface area contributed by atoms with E-state index >= 15 is 0 Å². The third-order valence-corrected chi connectivity index (χ3v) is 5.49. The van der Waals surface area contributed by atoms with Crippen LogP contribution in [0.15, 0.2) is 18.3 Å². The molecule has 1 spiro atoms. The van der Waals surface area contributed by atoms with Crippen LogP contribution in [-0.4, -0.2) is 51.9 Å². The number of hydrogen-bond acceptors (Lipinski definition) is 6. The van der Waals surface area contributed by atoms with Crippen LogP contribution in [0.3, 0.4) is 0 Å². The van der Waals surface area contributed by atoms with Crippen LogP contribution in [0.5, 0.6) is 0 Å². The number of carbonyl (C=O) groups excluding carboxylic acids is 2. The molecule has 2 atom stereocenters. The number of nitrogen functional groups attached to an aromatic ring is 1. The Labute approximate surface area is 158 Å². The first-order valence-corrected chi connectivity index (χ1v) is 9.39. The molecular weight excluding hydrogens is 348 g/mol. The van der Waals surface area contributed by atoms with Crippen molar-refractivity contribution in [3.05, 3.63) is 18.3 Å². The maximum absolute atomic E-state index is 12.6. The molecule has 3 fully saturated rings. The van der Waals surface area contributed by atoms with E-state index in [2.05, 4.69) is 4.98 Å². The first-order chi connectivity index (χ1) is 12.7. The summed E-state index contributed by atoms with van der Waals surface area (Å²) in [6.45, 7) is 6.08. The lowest BCUT2D eigenvalue weighted by Crippen LogP contribution is -2.55. The minimum Gasteiger partial charge on any atom is -0.444 e. The van der Waals surface area contributed by atoms with E-state index in [4.69, 9.17) is 15.2 Å². The number of amides is 2. The molecule has 4 heterocycles. The van der Waals surface area contributed by atoms with E-state index in [1.807, 2.05) is 25.7 Å². The Morgan fingerprint density at radius 3 is 2.52 bits per heavy atom. The van der Waals surface area contributed by atoms with Crippen LogP contribution < -0.4 is 10.6 Å². The van der Waals surface area contributed by atoms with Crippen LogP contribution in [0.2, 0.25) is 0 Å². The van der Waals surface area contributed by atoms with E-state index in [0.29, 0.717) is 30.9 Å². The molecule has 2 unspecified atom stereocenters. The van der Waals surface area contributed by atoms with Crippen molar-refractivity contribution >= 4 is 23.7 Å². The molecule has 0 aromatic carbocycles. The summed E-state index contributed by atoms with van der Waals surface area (Å²) in [6.07, 6.45) is 4.03. The zero-order valence-electron chi connectivity index (χ0n) is 16.0. The smallest absolute Gasteiger partial charge is 0.415 e. The molecule has 0 saturated carbocycles. The molecule has 2 amide bonds. The second-order valence-electron chi connectivity index (χ2n) is 8.76. The van der Waals surface area contributed by atoms with E-state index < -0.39 is 11.2 Å². The van der Waals surface area contributed by atoms with Crippen molar-refractivity contribution in [3.63, 3.8) is 0 Å². The number of nitrogens with zero attached hydrogens (tertiary/aromatic N) is 3. The molecule has 8 heteroatoms. The van der Waals surface area contributed by atoms with Crippen LogP contribution in [0.1, 0.15) is 46.5 Å². The number of anilines is 2. The first kappa shape index (κ1) is 17.9. The van der Waals surface area contributed by atoms with E-state index in [0.717, 1.165) is 12.8 Å². The molecule has 2 bridgehead atoms. The maximum Gasteiger partial charge on any atom is 0.415 e. The Morgan fingerprint density at radius 2 is 1.96 bits per heavy atom. The Hall–Kier alpha value is -2.51. The summed E-state index contributed by atoms with van der Waals surface area (Å²) in [4.78, 5) is 32.7. The largest absolute Gasteiger partial charge is 0.444 e. The van der Waals surface area contributed by atoms with Crippen molar-refractivity contribution < 1.29 is 19.1 Å². The number of carbonyl (C=O) groups is 2. The molecule has 1 aromatic heterocycles. The van der Waals surface area contributed by atoms with Gasteiger partial charge < -0.3 is 20.1 Å². The highest BCUT2D eigenvalue weighted by Crippen LogP contribution is 2.46. The molecule has 146 valence electrons. The van der Waals surface area contributed by atoms with Gasteiger partial charge in [0.25, 0.3) is 0 Å². The van der Waals surface area contributed by atoms with E-state index in [9.17, 15) is 9.59 Å². The molecule has 3 aliphatic heterocycles. The number of nitrogens with two attached hydrogens (primary N) is 1. The van der Waals surface area contributed by atoms with Gasteiger partial charge in [-0.1, -0.05) is 0 Å². The molecule has 27 heavy (non-hydrogen) atoms. The molecular formula is C19H26N4O4. The van der Waals surface area contributed by atoms with Gasteiger partial charge >= 0.3 is 12.2 Å². The van der Waals surface area contributed by atoms with Gasteiger partial charge in [-0.15, -0.1) is 0 Å². The standard InChI is InChI=1S/C19H26N4O4/c1-18(2,3)26-17(25)23-12-4-5-13(23)9-19(8-12)11-22(16(24)27-19)14-6-7-15(20)21-10-14/h6-7,10,12-13H,4-5,8-9,11H2,1-3H3,(H2,20,21). The molecule has 3 aliphatic rings. The lowest BCUT2D eigenvalue weighted by Gasteiger charge is -2.43. The van der Waals surface area contributed by atoms with Gasteiger partial charge in [-0.2, -0.15) is 0 Å². The third-order valence-electron chi connectivity index (χ3n) is 5.49. The molecule has 8 nitrogen and oxygen atoms in total.